The van der Waals surface area contributed by atoms with Crippen LogP contribution in [0.3, 0.4) is 0 Å². The molecule has 0 radical (unpaired) electrons. The van der Waals surface area contributed by atoms with Crippen molar-refractivity contribution in [3.05, 3.63) is 47.8 Å². The molecular formula is C16H20N2. The summed E-state index contributed by atoms with van der Waals surface area (Å²) in [5.74, 6) is 0. The van der Waals surface area contributed by atoms with Crippen LogP contribution in [0.2, 0.25) is 0 Å². The number of aromatic nitrogens is 2. The fourth-order valence-electron chi connectivity index (χ4n) is 2.03. The zero-order chi connectivity index (χ0) is 12.8. The standard InChI is InChI=1S/C16H20N2/c1-3-4-5-6-14-8-10-18-16(12-14)15-11-13(2)7-9-17-15/h7-12H,3-6H2,1-2H3. The minimum absolute atomic E-state index is 0.965. The third-order valence-electron chi connectivity index (χ3n) is 3.07. The Bertz CT molecular complexity index is 506. The summed E-state index contributed by atoms with van der Waals surface area (Å²) in [6, 6.07) is 8.36. The molecule has 2 aromatic rings. The van der Waals surface area contributed by atoms with E-state index in [4.69, 9.17) is 0 Å². The van der Waals surface area contributed by atoms with E-state index < -0.39 is 0 Å². The summed E-state index contributed by atoms with van der Waals surface area (Å²) in [6.07, 6.45) is 8.67. The Labute approximate surface area is 109 Å². The molecule has 2 heterocycles. The minimum Gasteiger partial charge on any atom is -0.255 e. The maximum atomic E-state index is 4.42. The largest absolute Gasteiger partial charge is 0.255 e. The highest BCUT2D eigenvalue weighted by atomic mass is 14.8. The monoisotopic (exact) mass is 240 g/mol. The van der Waals surface area contributed by atoms with Crippen LogP contribution in [-0.4, -0.2) is 9.97 Å². The summed E-state index contributed by atoms with van der Waals surface area (Å²) in [5.41, 5.74) is 4.52. The fourth-order valence-corrected chi connectivity index (χ4v) is 2.03. The predicted octanol–water partition coefficient (Wildman–Crippen LogP) is 4.18. The van der Waals surface area contributed by atoms with Gasteiger partial charge in [-0.3, -0.25) is 9.97 Å². The summed E-state index contributed by atoms with van der Waals surface area (Å²) in [4.78, 5) is 8.80. The number of aryl methyl sites for hydroxylation is 2. The molecule has 94 valence electrons. The Morgan fingerprint density at radius 2 is 1.67 bits per heavy atom. The maximum absolute atomic E-state index is 4.42. The van der Waals surface area contributed by atoms with E-state index >= 15 is 0 Å². The summed E-state index contributed by atoms with van der Waals surface area (Å²) < 4.78 is 0. The predicted molar refractivity (Wildman–Crippen MR) is 75.4 cm³/mol. The maximum Gasteiger partial charge on any atom is 0.0888 e. The van der Waals surface area contributed by atoms with Gasteiger partial charge in [-0.1, -0.05) is 19.8 Å². The molecule has 0 aliphatic rings. The number of nitrogens with zero attached hydrogens (tertiary/aromatic N) is 2. The van der Waals surface area contributed by atoms with Gasteiger partial charge in [0.25, 0.3) is 0 Å². The van der Waals surface area contributed by atoms with Crippen LogP contribution in [0.4, 0.5) is 0 Å². The lowest BCUT2D eigenvalue weighted by atomic mass is 10.1. The first-order chi connectivity index (χ1) is 8.79. The normalized spacial score (nSPS) is 10.6. The van der Waals surface area contributed by atoms with Crippen molar-refractivity contribution < 1.29 is 0 Å². The van der Waals surface area contributed by atoms with Gasteiger partial charge >= 0.3 is 0 Å². The average Bonchev–Trinajstić information content (AvgIpc) is 2.39. The van der Waals surface area contributed by atoms with Crippen LogP contribution in [0.25, 0.3) is 11.4 Å². The van der Waals surface area contributed by atoms with Crippen LogP contribution in [0, 0.1) is 6.92 Å². The Hall–Kier alpha value is -1.70. The third kappa shape index (κ3) is 3.39. The quantitative estimate of drug-likeness (QED) is 0.732. The second-order valence-corrected chi connectivity index (χ2v) is 4.72. The fraction of sp³-hybridized carbons (Fsp3) is 0.375. The Balaban J connectivity index is 2.16. The molecule has 0 aliphatic heterocycles. The van der Waals surface area contributed by atoms with Crippen molar-refractivity contribution in [2.24, 2.45) is 0 Å². The van der Waals surface area contributed by atoms with E-state index in [0.29, 0.717) is 0 Å². The second kappa shape index (κ2) is 6.29. The number of hydrogen-bond donors (Lipinski definition) is 0. The topological polar surface area (TPSA) is 25.8 Å². The van der Waals surface area contributed by atoms with Crippen molar-refractivity contribution in [1.29, 1.82) is 0 Å². The Morgan fingerprint density at radius 3 is 2.39 bits per heavy atom. The highest BCUT2D eigenvalue weighted by Crippen LogP contribution is 2.17. The van der Waals surface area contributed by atoms with Gasteiger partial charge in [-0.2, -0.15) is 0 Å². The van der Waals surface area contributed by atoms with Gasteiger partial charge in [-0.15, -0.1) is 0 Å². The molecule has 18 heavy (non-hydrogen) atoms. The van der Waals surface area contributed by atoms with E-state index in [9.17, 15) is 0 Å². The van der Waals surface area contributed by atoms with E-state index in [0.717, 1.165) is 17.8 Å². The first-order valence-electron chi connectivity index (χ1n) is 6.67. The van der Waals surface area contributed by atoms with Gasteiger partial charge in [0.15, 0.2) is 0 Å². The molecule has 0 aromatic carbocycles. The molecule has 0 saturated heterocycles. The van der Waals surface area contributed by atoms with Crippen LogP contribution in [0.1, 0.15) is 37.3 Å². The zero-order valence-corrected chi connectivity index (χ0v) is 11.2. The van der Waals surface area contributed by atoms with Crippen molar-refractivity contribution >= 4 is 0 Å². The van der Waals surface area contributed by atoms with E-state index in [1.54, 1.807) is 0 Å². The number of pyridine rings is 2. The summed E-state index contributed by atoms with van der Waals surface area (Å²) in [7, 11) is 0. The molecule has 2 rings (SSSR count). The van der Waals surface area contributed by atoms with Gasteiger partial charge in [-0.05, 0) is 55.2 Å². The van der Waals surface area contributed by atoms with E-state index in [-0.39, 0.29) is 0 Å². The number of hydrogen-bond acceptors (Lipinski definition) is 2. The Morgan fingerprint density at radius 1 is 0.944 bits per heavy atom. The Kier molecular flexibility index (Phi) is 4.46. The van der Waals surface area contributed by atoms with Crippen molar-refractivity contribution in [2.75, 3.05) is 0 Å². The molecule has 0 N–H and O–H groups in total. The van der Waals surface area contributed by atoms with Gasteiger partial charge < -0.3 is 0 Å². The molecule has 0 bridgehead atoms. The van der Waals surface area contributed by atoms with Crippen LogP contribution in [-0.2, 0) is 6.42 Å². The third-order valence-corrected chi connectivity index (χ3v) is 3.07. The van der Waals surface area contributed by atoms with E-state index in [1.165, 1.54) is 30.4 Å². The summed E-state index contributed by atoms with van der Waals surface area (Å²) in [5, 5.41) is 0. The van der Waals surface area contributed by atoms with Crippen molar-refractivity contribution in [3.8, 4) is 11.4 Å². The zero-order valence-electron chi connectivity index (χ0n) is 11.2. The lowest BCUT2D eigenvalue weighted by molar-refractivity contribution is 0.717. The first-order valence-corrected chi connectivity index (χ1v) is 6.67. The molecule has 0 unspecified atom stereocenters. The summed E-state index contributed by atoms with van der Waals surface area (Å²) >= 11 is 0. The second-order valence-electron chi connectivity index (χ2n) is 4.72. The first kappa shape index (κ1) is 12.7. The molecule has 2 heteroatoms. The highest BCUT2D eigenvalue weighted by Gasteiger charge is 2.02. The number of rotatable bonds is 5. The van der Waals surface area contributed by atoms with Crippen LogP contribution in [0.5, 0.6) is 0 Å². The van der Waals surface area contributed by atoms with Gasteiger partial charge in [0.1, 0.15) is 0 Å². The summed E-state index contributed by atoms with van der Waals surface area (Å²) in [6.45, 7) is 4.31. The van der Waals surface area contributed by atoms with Crippen LogP contribution in [0.15, 0.2) is 36.7 Å². The van der Waals surface area contributed by atoms with E-state index in [1.807, 2.05) is 18.5 Å². The van der Waals surface area contributed by atoms with Gasteiger partial charge in [0, 0.05) is 12.4 Å². The minimum atomic E-state index is 0.965. The molecule has 0 aliphatic carbocycles. The van der Waals surface area contributed by atoms with Crippen LogP contribution < -0.4 is 0 Å². The van der Waals surface area contributed by atoms with Gasteiger partial charge in [-0.25, -0.2) is 0 Å². The molecule has 0 amide bonds. The van der Waals surface area contributed by atoms with Crippen molar-refractivity contribution in [2.45, 2.75) is 39.5 Å². The average molecular weight is 240 g/mol. The molecule has 0 spiro atoms. The molecule has 0 saturated carbocycles. The van der Waals surface area contributed by atoms with Crippen LogP contribution >= 0.6 is 0 Å². The van der Waals surface area contributed by atoms with E-state index in [2.05, 4.69) is 42.0 Å². The molecule has 2 aromatic heterocycles. The molecule has 0 fully saturated rings. The highest BCUT2D eigenvalue weighted by molar-refractivity contribution is 5.55. The lowest BCUT2D eigenvalue weighted by Crippen LogP contribution is -1.91. The SMILES string of the molecule is CCCCCc1ccnc(-c2cc(C)ccn2)c1. The van der Waals surface area contributed by atoms with Gasteiger partial charge in [0.05, 0.1) is 11.4 Å². The van der Waals surface area contributed by atoms with Gasteiger partial charge in [0.2, 0.25) is 0 Å². The van der Waals surface area contributed by atoms with Crippen molar-refractivity contribution in [1.82, 2.24) is 9.97 Å². The molecular weight excluding hydrogens is 220 g/mol. The number of unbranched alkanes of at least 4 members (excludes halogenated alkanes) is 2. The smallest absolute Gasteiger partial charge is 0.0888 e. The molecule has 2 nitrogen and oxygen atoms in total. The molecule has 0 atom stereocenters. The van der Waals surface area contributed by atoms with Crippen molar-refractivity contribution in [3.63, 3.8) is 0 Å². The lowest BCUT2D eigenvalue weighted by Gasteiger charge is -2.04.